The average molecular weight is 388 g/mol. The van der Waals surface area contributed by atoms with Crippen LogP contribution in [0.3, 0.4) is 0 Å². The van der Waals surface area contributed by atoms with E-state index in [-0.39, 0.29) is 12.0 Å². The van der Waals surface area contributed by atoms with Crippen LogP contribution in [0.5, 0.6) is 0 Å². The molecule has 1 heterocycles. The standard InChI is InChI=1S/C23H17FN2O3/c24-17-10-4-1-7-14(17)13-20(23(28)29)26-22(27)21-15-8-2-5-11-18(15)25-19-12-6-3-9-16(19)21/h1-12,20H,13H2,(H,26,27)(H,28,29)/t20-/m1/s1. The minimum atomic E-state index is -1.27. The highest BCUT2D eigenvalue weighted by atomic mass is 19.1. The second kappa shape index (κ2) is 7.67. The molecule has 0 saturated heterocycles. The van der Waals surface area contributed by atoms with Crippen LogP contribution in [0.15, 0.2) is 72.8 Å². The first-order valence-corrected chi connectivity index (χ1v) is 9.09. The molecule has 0 unspecified atom stereocenters. The zero-order chi connectivity index (χ0) is 20.4. The molecular formula is C23H17FN2O3. The molecule has 0 spiro atoms. The Bertz CT molecular complexity index is 1190. The van der Waals surface area contributed by atoms with Gasteiger partial charge in [-0.05, 0) is 23.8 Å². The number of hydrogen-bond donors (Lipinski definition) is 2. The Balaban J connectivity index is 1.75. The van der Waals surface area contributed by atoms with Gasteiger partial charge >= 0.3 is 5.97 Å². The third kappa shape index (κ3) is 3.65. The second-order valence-corrected chi connectivity index (χ2v) is 6.68. The van der Waals surface area contributed by atoms with Crippen LogP contribution in [-0.4, -0.2) is 28.0 Å². The Labute approximate surface area is 165 Å². The van der Waals surface area contributed by atoms with Gasteiger partial charge in [0.15, 0.2) is 0 Å². The summed E-state index contributed by atoms with van der Waals surface area (Å²) in [6.45, 7) is 0. The summed E-state index contributed by atoms with van der Waals surface area (Å²) in [4.78, 5) is 29.5. The second-order valence-electron chi connectivity index (χ2n) is 6.68. The van der Waals surface area contributed by atoms with E-state index in [9.17, 15) is 19.1 Å². The van der Waals surface area contributed by atoms with Crippen molar-refractivity contribution in [3.63, 3.8) is 0 Å². The molecule has 4 aromatic rings. The monoisotopic (exact) mass is 388 g/mol. The summed E-state index contributed by atoms with van der Waals surface area (Å²) < 4.78 is 14.0. The van der Waals surface area contributed by atoms with Crippen LogP contribution >= 0.6 is 0 Å². The number of carbonyl (C=O) groups is 2. The smallest absolute Gasteiger partial charge is 0.326 e. The maximum absolute atomic E-state index is 14.0. The van der Waals surface area contributed by atoms with E-state index in [0.29, 0.717) is 27.4 Å². The van der Waals surface area contributed by atoms with E-state index in [2.05, 4.69) is 10.3 Å². The van der Waals surface area contributed by atoms with Crippen molar-refractivity contribution in [2.45, 2.75) is 12.5 Å². The molecule has 2 N–H and O–H groups in total. The summed E-state index contributed by atoms with van der Waals surface area (Å²) >= 11 is 0. The van der Waals surface area contributed by atoms with Crippen LogP contribution < -0.4 is 5.32 Å². The van der Waals surface area contributed by atoms with Gasteiger partial charge in [-0.25, -0.2) is 14.2 Å². The van der Waals surface area contributed by atoms with Crippen LogP contribution in [-0.2, 0) is 11.2 Å². The van der Waals surface area contributed by atoms with Crippen molar-refractivity contribution in [3.8, 4) is 0 Å². The predicted molar refractivity (Wildman–Crippen MR) is 108 cm³/mol. The molecule has 1 amide bonds. The third-order valence-electron chi connectivity index (χ3n) is 4.80. The van der Waals surface area contributed by atoms with Gasteiger partial charge in [0.1, 0.15) is 11.9 Å². The molecule has 1 atom stereocenters. The summed E-state index contributed by atoms with van der Waals surface area (Å²) in [7, 11) is 0. The van der Waals surface area contributed by atoms with Crippen LogP contribution in [0, 0.1) is 5.82 Å². The van der Waals surface area contributed by atoms with Gasteiger partial charge in [0.2, 0.25) is 0 Å². The quantitative estimate of drug-likeness (QED) is 0.508. The summed E-state index contributed by atoms with van der Waals surface area (Å²) in [5, 5.41) is 13.4. The van der Waals surface area contributed by atoms with Gasteiger partial charge in [0.05, 0.1) is 16.6 Å². The molecular weight excluding hydrogens is 371 g/mol. The number of aliphatic carboxylic acids is 1. The minimum Gasteiger partial charge on any atom is -0.480 e. The van der Waals surface area contributed by atoms with Crippen LogP contribution in [0.2, 0.25) is 0 Å². The maximum Gasteiger partial charge on any atom is 0.326 e. The molecule has 5 nitrogen and oxygen atoms in total. The van der Waals surface area contributed by atoms with Crippen molar-refractivity contribution in [2.24, 2.45) is 0 Å². The maximum atomic E-state index is 14.0. The number of benzene rings is 3. The highest BCUT2D eigenvalue weighted by Gasteiger charge is 2.24. The minimum absolute atomic E-state index is 0.158. The van der Waals surface area contributed by atoms with Gasteiger partial charge in [-0.15, -0.1) is 0 Å². The Hall–Kier alpha value is -3.80. The Morgan fingerprint density at radius 3 is 2.03 bits per heavy atom. The van der Waals surface area contributed by atoms with E-state index in [0.717, 1.165) is 0 Å². The van der Waals surface area contributed by atoms with Crippen LogP contribution in [0.1, 0.15) is 15.9 Å². The SMILES string of the molecule is O=C(N[C@H](Cc1ccccc1F)C(=O)O)c1c2ccccc2nc2ccccc12. The largest absolute Gasteiger partial charge is 0.480 e. The van der Waals surface area contributed by atoms with Crippen molar-refractivity contribution in [1.82, 2.24) is 10.3 Å². The fourth-order valence-corrected chi connectivity index (χ4v) is 3.40. The number of hydrogen-bond acceptors (Lipinski definition) is 3. The van der Waals surface area contributed by atoms with Gasteiger partial charge < -0.3 is 10.4 Å². The molecule has 0 bridgehead atoms. The van der Waals surface area contributed by atoms with Crippen molar-refractivity contribution in [2.75, 3.05) is 0 Å². The molecule has 144 valence electrons. The number of halogens is 1. The highest BCUT2D eigenvalue weighted by molar-refractivity contribution is 6.16. The highest BCUT2D eigenvalue weighted by Crippen LogP contribution is 2.26. The molecule has 1 aromatic heterocycles. The van der Waals surface area contributed by atoms with Gasteiger partial charge in [-0.1, -0.05) is 54.6 Å². The summed E-state index contributed by atoms with van der Waals surface area (Å²) in [5.41, 5.74) is 1.85. The van der Waals surface area contributed by atoms with E-state index in [1.54, 1.807) is 42.5 Å². The molecule has 0 aliphatic heterocycles. The number of nitrogens with zero attached hydrogens (tertiary/aromatic N) is 1. The molecule has 0 radical (unpaired) electrons. The van der Waals surface area contributed by atoms with Crippen molar-refractivity contribution < 1.29 is 19.1 Å². The van der Waals surface area contributed by atoms with Gasteiger partial charge in [0, 0.05) is 17.2 Å². The fraction of sp³-hybridized carbons (Fsp3) is 0.0870. The number of fused-ring (bicyclic) bond motifs is 2. The Morgan fingerprint density at radius 1 is 0.897 bits per heavy atom. The predicted octanol–water partition coefficient (Wildman–Crippen LogP) is 3.95. The third-order valence-corrected chi connectivity index (χ3v) is 4.80. The first-order valence-electron chi connectivity index (χ1n) is 9.09. The fourth-order valence-electron chi connectivity index (χ4n) is 3.40. The number of rotatable bonds is 5. The van der Waals surface area contributed by atoms with Crippen LogP contribution in [0.4, 0.5) is 4.39 Å². The Morgan fingerprint density at radius 2 is 1.45 bits per heavy atom. The molecule has 4 rings (SSSR count). The first kappa shape index (κ1) is 18.6. The summed E-state index contributed by atoms with van der Waals surface area (Å²) in [6, 6.07) is 19.0. The first-order chi connectivity index (χ1) is 14.0. The Kier molecular flexibility index (Phi) is 4.91. The van der Waals surface area contributed by atoms with Crippen molar-refractivity contribution in [3.05, 3.63) is 89.7 Å². The van der Waals surface area contributed by atoms with E-state index in [4.69, 9.17) is 0 Å². The number of nitrogens with one attached hydrogen (secondary N) is 1. The summed E-state index contributed by atoms with van der Waals surface area (Å²) in [6.07, 6.45) is -0.158. The normalized spacial score (nSPS) is 12.0. The molecule has 3 aromatic carbocycles. The lowest BCUT2D eigenvalue weighted by atomic mass is 10.0. The van der Waals surface area contributed by atoms with E-state index < -0.39 is 23.7 Å². The topological polar surface area (TPSA) is 79.3 Å². The number of para-hydroxylation sites is 2. The lowest BCUT2D eigenvalue weighted by Gasteiger charge is -2.17. The molecule has 6 heteroatoms. The van der Waals surface area contributed by atoms with Crippen molar-refractivity contribution in [1.29, 1.82) is 0 Å². The average Bonchev–Trinajstić information content (AvgIpc) is 2.72. The van der Waals surface area contributed by atoms with Crippen LogP contribution in [0.25, 0.3) is 21.8 Å². The number of carbonyl (C=O) groups excluding carboxylic acids is 1. The van der Waals surface area contributed by atoms with Crippen molar-refractivity contribution >= 4 is 33.7 Å². The lowest BCUT2D eigenvalue weighted by Crippen LogP contribution is -2.42. The molecule has 0 aliphatic carbocycles. The number of carboxylic acid groups (broad SMARTS) is 1. The molecule has 0 fully saturated rings. The van der Waals surface area contributed by atoms with Gasteiger partial charge in [0.25, 0.3) is 5.91 Å². The zero-order valence-electron chi connectivity index (χ0n) is 15.3. The van der Waals surface area contributed by atoms with Gasteiger partial charge in [-0.3, -0.25) is 4.79 Å². The van der Waals surface area contributed by atoms with E-state index >= 15 is 0 Å². The van der Waals surface area contributed by atoms with Gasteiger partial charge in [-0.2, -0.15) is 0 Å². The number of carboxylic acids is 1. The molecule has 0 saturated carbocycles. The molecule has 0 aliphatic rings. The van der Waals surface area contributed by atoms with E-state index in [1.807, 2.05) is 12.1 Å². The lowest BCUT2D eigenvalue weighted by molar-refractivity contribution is -0.139. The number of pyridine rings is 1. The van der Waals surface area contributed by atoms with E-state index in [1.165, 1.54) is 18.2 Å². The molecule has 29 heavy (non-hydrogen) atoms. The summed E-state index contributed by atoms with van der Waals surface area (Å²) in [5.74, 6) is -2.28. The number of amides is 1. The zero-order valence-corrected chi connectivity index (χ0v) is 15.3. The number of aromatic nitrogens is 1.